The predicted molar refractivity (Wildman–Crippen MR) is 109 cm³/mol. The molecule has 4 amide bonds. The first-order valence-electron chi connectivity index (χ1n) is 9.98. The van der Waals surface area contributed by atoms with Crippen LogP contribution in [0.15, 0.2) is 48.5 Å². The van der Waals surface area contributed by atoms with Crippen molar-refractivity contribution in [3.8, 4) is 11.5 Å². The van der Waals surface area contributed by atoms with Crippen LogP contribution in [0.5, 0.6) is 11.5 Å². The Hall–Kier alpha value is -3.59. The van der Waals surface area contributed by atoms with E-state index in [-0.39, 0.29) is 26.4 Å². The maximum Gasteiger partial charge on any atom is 0.325 e. The fraction of sp³-hybridized carbons (Fsp3) is 0.318. The molecule has 1 saturated heterocycles. The highest BCUT2D eigenvalue weighted by molar-refractivity contribution is 6.05. The molecule has 0 bridgehead atoms. The normalized spacial score (nSPS) is 18.1. The third-order valence-electron chi connectivity index (χ3n) is 5.18. The molecule has 2 heterocycles. The number of amides is 4. The summed E-state index contributed by atoms with van der Waals surface area (Å²) >= 11 is 0. The topological polar surface area (TPSA) is 117 Å². The molecule has 0 aromatic heterocycles. The number of carbonyl (C=O) groups is 3. The van der Waals surface area contributed by atoms with Gasteiger partial charge in [-0.1, -0.05) is 36.4 Å². The van der Waals surface area contributed by atoms with Gasteiger partial charge in [0, 0.05) is 0 Å². The Morgan fingerprint density at radius 2 is 1.90 bits per heavy atom. The molecule has 0 radical (unpaired) electrons. The average molecular weight is 425 g/mol. The van der Waals surface area contributed by atoms with Gasteiger partial charge in [0.15, 0.2) is 11.5 Å². The fourth-order valence-electron chi connectivity index (χ4n) is 3.62. The van der Waals surface area contributed by atoms with Crippen molar-refractivity contribution in [2.75, 3.05) is 13.4 Å². The van der Waals surface area contributed by atoms with Crippen LogP contribution in [-0.2, 0) is 22.6 Å². The van der Waals surface area contributed by atoms with Crippen molar-refractivity contribution in [1.82, 2.24) is 15.5 Å². The van der Waals surface area contributed by atoms with Gasteiger partial charge in [0.25, 0.3) is 5.91 Å². The van der Waals surface area contributed by atoms with E-state index in [2.05, 4.69) is 10.6 Å². The number of nitrogens with zero attached hydrogens (tertiary/aromatic N) is 1. The van der Waals surface area contributed by atoms with E-state index in [4.69, 9.17) is 9.47 Å². The maximum absolute atomic E-state index is 12.7. The van der Waals surface area contributed by atoms with Crippen molar-refractivity contribution in [2.45, 2.75) is 31.5 Å². The van der Waals surface area contributed by atoms with Crippen molar-refractivity contribution >= 4 is 17.8 Å². The molecule has 2 atom stereocenters. The van der Waals surface area contributed by atoms with Crippen molar-refractivity contribution in [2.24, 2.45) is 0 Å². The first-order chi connectivity index (χ1) is 15.0. The Labute approximate surface area is 178 Å². The second-order valence-electron chi connectivity index (χ2n) is 7.45. The maximum atomic E-state index is 12.7. The Morgan fingerprint density at radius 1 is 1.13 bits per heavy atom. The van der Waals surface area contributed by atoms with Crippen LogP contribution in [0.25, 0.3) is 0 Å². The van der Waals surface area contributed by atoms with Gasteiger partial charge < -0.3 is 25.2 Å². The summed E-state index contributed by atoms with van der Waals surface area (Å²) in [4.78, 5) is 38.5. The summed E-state index contributed by atoms with van der Waals surface area (Å²) in [7, 11) is 0. The summed E-state index contributed by atoms with van der Waals surface area (Å²) in [5.74, 6) is 0.290. The zero-order chi connectivity index (χ0) is 21.8. The van der Waals surface area contributed by atoms with Gasteiger partial charge in [-0.3, -0.25) is 14.5 Å². The van der Waals surface area contributed by atoms with E-state index in [1.165, 1.54) is 0 Å². The summed E-state index contributed by atoms with van der Waals surface area (Å²) < 4.78 is 10.6. The molecule has 4 rings (SSSR count). The molecule has 0 aliphatic carbocycles. The number of imide groups is 1. The zero-order valence-corrected chi connectivity index (χ0v) is 16.7. The highest BCUT2D eigenvalue weighted by Gasteiger charge is 2.39. The minimum atomic E-state index is -0.947. The Bertz CT molecular complexity index is 980. The number of nitrogens with one attached hydrogen (secondary N) is 2. The number of urea groups is 1. The number of hydrogen-bond donors (Lipinski definition) is 3. The van der Waals surface area contributed by atoms with Crippen molar-refractivity contribution in [1.29, 1.82) is 0 Å². The molecule has 162 valence electrons. The van der Waals surface area contributed by atoms with Gasteiger partial charge in [0.1, 0.15) is 6.04 Å². The van der Waals surface area contributed by atoms with Crippen molar-refractivity contribution < 1.29 is 29.0 Å². The third-order valence-corrected chi connectivity index (χ3v) is 5.18. The second-order valence-corrected chi connectivity index (χ2v) is 7.45. The predicted octanol–water partition coefficient (Wildman–Crippen LogP) is 0.946. The van der Waals surface area contributed by atoms with Gasteiger partial charge in [-0.15, -0.1) is 0 Å². The van der Waals surface area contributed by atoms with E-state index in [0.29, 0.717) is 23.5 Å². The molecule has 3 N–H and O–H groups in total. The van der Waals surface area contributed by atoms with Crippen molar-refractivity contribution in [3.63, 3.8) is 0 Å². The summed E-state index contributed by atoms with van der Waals surface area (Å²) in [5, 5.41) is 14.9. The van der Waals surface area contributed by atoms with Gasteiger partial charge in [0.2, 0.25) is 12.7 Å². The van der Waals surface area contributed by atoms with E-state index in [1.54, 1.807) is 18.2 Å². The Morgan fingerprint density at radius 3 is 2.68 bits per heavy atom. The number of aliphatic hydroxyl groups excluding tert-OH is 1. The summed E-state index contributed by atoms with van der Waals surface area (Å²) in [5.41, 5.74) is 1.68. The molecule has 2 aromatic rings. The van der Waals surface area contributed by atoms with E-state index in [1.807, 2.05) is 30.3 Å². The van der Waals surface area contributed by atoms with Crippen LogP contribution in [0, 0.1) is 0 Å². The van der Waals surface area contributed by atoms with Crippen LogP contribution in [0.4, 0.5) is 4.79 Å². The van der Waals surface area contributed by atoms with Gasteiger partial charge in [0.05, 0.1) is 25.6 Å². The van der Waals surface area contributed by atoms with Crippen molar-refractivity contribution in [3.05, 3.63) is 59.7 Å². The second kappa shape index (κ2) is 9.05. The molecule has 2 aromatic carbocycles. The van der Waals surface area contributed by atoms with E-state index in [9.17, 15) is 19.5 Å². The number of benzene rings is 2. The lowest BCUT2D eigenvalue weighted by Crippen LogP contribution is -2.43. The fourth-order valence-corrected chi connectivity index (χ4v) is 3.62. The standard InChI is InChI=1S/C22H23N3O6/c26-12-16(8-14-4-2-1-3-5-14)23-20(27)10-17-21(28)25(22(29)24-17)11-15-6-7-18-19(9-15)31-13-30-18/h1-7,9,16-17,26H,8,10-13H2,(H,23,27)(H,24,29)/t16-,17?/m0/s1. The quantitative estimate of drug-likeness (QED) is 0.542. The van der Waals surface area contributed by atoms with Crippen LogP contribution >= 0.6 is 0 Å². The minimum Gasteiger partial charge on any atom is -0.454 e. The Balaban J connectivity index is 1.33. The van der Waals surface area contributed by atoms with E-state index in [0.717, 1.165) is 10.5 Å². The molecule has 1 fully saturated rings. The largest absolute Gasteiger partial charge is 0.454 e. The van der Waals surface area contributed by atoms with Crippen LogP contribution in [-0.4, -0.2) is 53.3 Å². The number of ether oxygens (including phenoxy) is 2. The average Bonchev–Trinajstić information content (AvgIpc) is 3.33. The lowest BCUT2D eigenvalue weighted by atomic mass is 10.1. The number of rotatable bonds is 8. The molecule has 0 spiro atoms. The first-order valence-corrected chi connectivity index (χ1v) is 9.98. The number of fused-ring (bicyclic) bond motifs is 1. The van der Waals surface area contributed by atoms with E-state index >= 15 is 0 Å². The summed E-state index contributed by atoms with van der Waals surface area (Å²) in [6.07, 6.45) is 0.262. The number of aliphatic hydroxyl groups is 1. The molecule has 31 heavy (non-hydrogen) atoms. The van der Waals surface area contributed by atoms with Gasteiger partial charge in [-0.2, -0.15) is 0 Å². The van der Waals surface area contributed by atoms with Crippen LogP contribution in [0.3, 0.4) is 0 Å². The number of carbonyl (C=O) groups excluding carboxylic acids is 3. The first kappa shape index (κ1) is 20.7. The van der Waals surface area contributed by atoms with Gasteiger partial charge >= 0.3 is 6.03 Å². The smallest absolute Gasteiger partial charge is 0.325 e. The summed E-state index contributed by atoms with van der Waals surface area (Å²) in [6.45, 7) is -0.0350. The molecule has 2 aliphatic rings. The summed E-state index contributed by atoms with van der Waals surface area (Å²) in [6, 6.07) is 12.7. The molecule has 9 nitrogen and oxygen atoms in total. The molecule has 2 aliphatic heterocycles. The molecular weight excluding hydrogens is 402 g/mol. The molecule has 0 saturated carbocycles. The Kier molecular flexibility index (Phi) is 6.03. The van der Waals surface area contributed by atoms with Gasteiger partial charge in [-0.25, -0.2) is 4.79 Å². The van der Waals surface area contributed by atoms with E-state index < -0.39 is 29.9 Å². The van der Waals surface area contributed by atoms with Crippen LogP contribution in [0.2, 0.25) is 0 Å². The SMILES string of the molecule is O=C(CC1NC(=O)N(Cc2ccc3c(c2)OCO3)C1=O)N[C@H](CO)Cc1ccccc1. The third kappa shape index (κ3) is 4.77. The van der Waals surface area contributed by atoms with Crippen LogP contribution in [0.1, 0.15) is 17.5 Å². The minimum absolute atomic E-state index is 0.0622. The number of hydrogen-bond acceptors (Lipinski definition) is 6. The highest BCUT2D eigenvalue weighted by Crippen LogP contribution is 2.33. The highest BCUT2D eigenvalue weighted by atomic mass is 16.7. The monoisotopic (exact) mass is 425 g/mol. The van der Waals surface area contributed by atoms with Crippen LogP contribution < -0.4 is 20.1 Å². The zero-order valence-electron chi connectivity index (χ0n) is 16.7. The molecule has 1 unspecified atom stereocenters. The molecule has 9 heteroatoms. The lowest BCUT2D eigenvalue weighted by Gasteiger charge is -2.17. The van der Waals surface area contributed by atoms with Gasteiger partial charge in [-0.05, 0) is 29.7 Å². The molecular formula is C22H23N3O6. The lowest BCUT2D eigenvalue weighted by molar-refractivity contribution is -0.131.